The summed E-state index contributed by atoms with van der Waals surface area (Å²) in [5, 5.41) is 0. The Balaban J connectivity index is 1.47. The van der Waals surface area contributed by atoms with Crippen molar-refractivity contribution in [3.63, 3.8) is 0 Å². The second kappa shape index (κ2) is 7.58. The summed E-state index contributed by atoms with van der Waals surface area (Å²) < 4.78 is 13.6. The number of fused-ring (bicyclic) bond motifs is 1. The molecule has 4 heterocycles. The number of amides is 1. The van der Waals surface area contributed by atoms with Crippen molar-refractivity contribution in [3.05, 3.63) is 78.3 Å². The number of hydrogen-bond donors (Lipinski definition) is 0. The van der Waals surface area contributed by atoms with Gasteiger partial charge in [-0.3, -0.25) is 9.78 Å². The highest BCUT2D eigenvalue weighted by atomic mass is 16.5. The number of furan rings is 1. The first-order valence-corrected chi connectivity index (χ1v) is 8.72. The van der Waals surface area contributed by atoms with Crippen LogP contribution in [0.5, 0.6) is 0 Å². The molecule has 134 valence electrons. The standard InChI is InChI=1S/C20H21N3O3/c24-20(11-18-4-2-10-25-18)23-12-17-3-1-9-22(17)13-19(14-23)26-15-16-5-7-21-8-6-16/h1-10,19H,11-15H2. The van der Waals surface area contributed by atoms with Crippen LogP contribution in [-0.4, -0.2) is 33.0 Å². The van der Waals surface area contributed by atoms with Crippen molar-refractivity contribution in [2.45, 2.75) is 32.2 Å². The Hall–Kier alpha value is -2.86. The number of carbonyl (C=O) groups is 1. The van der Waals surface area contributed by atoms with E-state index in [9.17, 15) is 4.79 Å². The van der Waals surface area contributed by atoms with Crippen LogP contribution in [0.2, 0.25) is 0 Å². The topological polar surface area (TPSA) is 60.5 Å². The average molecular weight is 351 g/mol. The van der Waals surface area contributed by atoms with Crippen LogP contribution in [0, 0.1) is 0 Å². The first-order valence-electron chi connectivity index (χ1n) is 8.72. The molecule has 3 aromatic rings. The van der Waals surface area contributed by atoms with Gasteiger partial charge in [-0.15, -0.1) is 0 Å². The quantitative estimate of drug-likeness (QED) is 0.709. The summed E-state index contributed by atoms with van der Waals surface area (Å²) in [5.74, 6) is 0.732. The van der Waals surface area contributed by atoms with Gasteiger partial charge < -0.3 is 18.6 Å². The predicted molar refractivity (Wildman–Crippen MR) is 95.1 cm³/mol. The molecule has 1 atom stereocenters. The summed E-state index contributed by atoms with van der Waals surface area (Å²) in [6.07, 6.45) is 7.35. The summed E-state index contributed by atoms with van der Waals surface area (Å²) in [6, 6.07) is 11.6. The van der Waals surface area contributed by atoms with E-state index in [0.29, 0.717) is 25.5 Å². The first kappa shape index (κ1) is 16.6. The number of ether oxygens (including phenoxy) is 1. The largest absolute Gasteiger partial charge is 0.469 e. The normalized spacial score (nSPS) is 16.9. The van der Waals surface area contributed by atoms with E-state index in [4.69, 9.17) is 9.15 Å². The molecule has 0 aliphatic carbocycles. The van der Waals surface area contributed by atoms with Crippen LogP contribution in [-0.2, 0) is 35.6 Å². The van der Waals surface area contributed by atoms with Gasteiger partial charge in [0.15, 0.2) is 0 Å². The molecular formula is C20H21N3O3. The third kappa shape index (κ3) is 3.86. The Morgan fingerprint density at radius 3 is 2.88 bits per heavy atom. The van der Waals surface area contributed by atoms with E-state index in [1.165, 1.54) is 0 Å². The van der Waals surface area contributed by atoms with E-state index in [1.54, 1.807) is 24.7 Å². The van der Waals surface area contributed by atoms with Crippen LogP contribution in [0.4, 0.5) is 0 Å². The number of aromatic nitrogens is 2. The van der Waals surface area contributed by atoms with Gasteiger partial charge >= 0.3 is 0 Å². The van der Waals surface area contributed by atoms with E-state index < -0.39 is 0 Å². The van der Waals surface area contributed by atoms with Crippen molar-refractivity contribution in [1.29, 1.82) is 0 Å². The number of hydrogen-bond acceptors (Lipinski definition) is 4. The van der Waals surface area contributed by atoms with Crippen molar-refractivity contribution in [2.24, 2.45) is 0 Å². The fraction of sp³-hybridized carbons (Fsp3) is 0.300. The molecule has 0 saturated heterocycles. The fourth-order valence-corrected chi connectivity index (χ4v) is 3.22. The minimum atomic E-state index is -0.0719. The van der Waals surface area contributed by atoms with Crippen molar-refractivity contribution in [2.75, 3.05) is 6.54 Å². The summed E-state index contributed by atoms with van der Waals surface area (Å²) in [6.45, 7) is 2.38. The van der Waals surface area contributed by atoms with Crippen LogP contribution in [0.15, 0.2) is 65.7 Å². The van der Waals surface area contributed by atoms with Gasteiger partial charge in [0.1, 0.15) is 5.76 Å². The minimum absolute atomic E-state index is 0.0483. The molecule has 1 aliphatic heterocycles. The summed E-state index contributed by atoms with van der Waals surface area (Å²) in [5.41, 5.74) is 2.19. The molecule has 1 unspecified atom stereocenters. The lowest BCUT2D eigenvalue weighted by Crippen LogP contribution is -2.38. The Kier molecular flexibility index (Phi) is 4.84. The monoisotopic (exact) mass is 351 g/mol. The van der Waals surface area contributed by atoms with Crippen LogP contribution < -0.4 is 0 Å². The molecule has 0 bridgehead atoms. The zero-order valence-corrected chi connectivity index (χ0v) is 14.5. The molecule has 0 spiro atoms. The Morgan fingerprint density at radius 2 is 2.08 bits per heavy atom. The Labute approximate surface area is 152 Å². The highest BCUT2D eigenvalue weighted by Gasteiger charge is 2.25. The van der Waals surface area contributed by atoms with E-state index >= 15 is 0 Å². The molecule has 4 rings (SSSR count). The second-order valence-corrected chi connectivity index (χ2v) is 6.47. The third-order valence-electron chi connectivity index (χ3n) is 4.59. The van der Waals surface area contributed by atoms with Gasteiger partial charge in [0.05, 0.1) is 38.5 Å². The molecule has 3 aromatic heterocycles. The van der Waals surface area contributed by atoms with E-state index in [-0.39, 0.29) is 18.4 Å². The van der Waals surface area contributed by atoms with Crippen LogP contribution in [0.3, 0.4) is 0 Å². The Bertz CT molecular complexity index is 842. The van der Waals surface area contributed by atoms with Gasteiger partial charge in [-0.25, -0.2) is 0 Å². The zero-order valence-electron chi connectivity index (χ0n) is 14.5. The molecule has 26 heavy (non-hydrogen) atoms. The van der Waals surface area contributed by atoms with Gasteiger partial charge in [0.2, 0.25) is 5.91 Å². The van der Waals surface area contributed by atoms with E-state index in [2.05, 4.69) is 15.6 Å². The van der Waals surface area contributed by atoms with Crippen molar-refractivity contribution >= 4 is 5.91 Å². The van der Waals surface area contributed by atoms with Gasteiger partial charge in [-0.05, 0) is 42.0 Å². The molecule has 0 saturated carbocycles. The second-order valence-electron chi connectivity index (χ2n) is 6.47. The lowest BCUT2D eigenvalue weighted by Gasteiger charge is -2.24. The van der Waals surface area contributed by atoms with Gasteiger partial charge in [-0.1, -0.05) is 0 Å². The van der Waals surface area contributed by atoms with Crippen molar-refractivity contribution < 1.29 is 13.9 Å². The van der Waals surface area contributed by atoms with Crippen LogP contribution in [0.25, 0.3) is 0 Å². The van der Waals surface area contributed by atoms with Gasteiger partial charge in [0.25, 0.3) is 0 Å². The highest BCUT2D eigenvalue weighted by Crippen LogP contribution is 2.18. The third-order valence-corrected chi connectivity index (χ3v) is 4.59. The Morgan fingerprint density at radius 1 is 1.19 bits per heavy atom. The van der Waals surface area contributed by atoms with Crippen molar-refractivity contribution in [3.8, 4) is 0 Å². The maximum absolute atomic E-state index is 12.8. The van der Waals surface area contributed by atoms with E-state index in [0.717, 1.165) is 17.8 Å². The zero-order chi connectivity index (χ0) is 17.8. The van der Waals surface area contributed by atoms with Crippen LogP contribution >= 0.6 is 0 Å². The highest BCUT2D eigenvalue weighted by molar-refractivity contribution is 5.78. The minimum Gasteiger partial charge on any atom is -0.469 e. The summed E-state index contributed by atoms with van der Waals surface area (Å²) >= 11 is 0. The maximum Gasteiger partial charge on any atom is 0.230 e. The summed E-state index contributed by atoms with van der Waals surface area (Å²) in [4.78, 5) is 18.6. The molecule has 0 aromatic carbocycles. The molecule has 6 nitrogen and oxygen atoms in total. The predicted octanol–water partition coefficient (Wildman–Crippen LogP) is 2.65. The van der Waals surface area contributed by atoms with Gasteiger partial charge in [0, 0.05) is 30.8 Å². The lowest BCUT2D eigenvalue weighted by atomic mass is 10.2. The average Bonchev–Trinajstić information content (AvgIpc) is 3.29. The lowest BCUT2D eigenvalue weighted by molar-refractivity contribution is -0.133. The number of rotatable bonds is 5. The fourth-order valence-electron chi connectivity index (χ4n) is 3.22. The first-order chi connectivity index (χ1) is 12.8. The number of nitrogens with zero attached hydrogens (tertiary/aromatic N) is 3. The van der Waals surface area contributed by atoms with E-state index in [1.807, 2.05) is 35.4 Å². The molecule has 0 N–H and O–H groups in total. The SMILES string of the molecule is O=C(Cc1ccco1)N1Cc2cccn2CC(OCc2ccncc2)C1. The van der Waals surface area contributed by atoms with Crippen LogP contribution in [0.1, 0.15) is 17.0 Å². The maximum atomic E-state index is 12.8. The molecule has 0 radical (unpaired) electrons. The van der Waals surface area contributed by atoms with Gasteiger partial charge in [-0.2, -0.15) is 0 Å². The molecule has 6 heteroatoms. The molecular weight excluding hydrogens is 330 g/mol. The molecule has 1 amide bonds. The molecule has 1 aliphatic rings. The molecule has 0 fully saturated rings. The summed E-state index contributed by atoms with van der Waals surface area (Å²) in [7, 11) is 0. The van der Waals surface area contributed by atoms with Crippen molar-refractivity contribution in [1.82, 2.24) is 14.5 Å². The smallest absolute Gasteiger partial charge is 0.230 e. The number of pyridine rings is 1. The number of carbonyl (C=O) groups excluding carboxylic acids is 1.